The summed E-state index contributed by atoms with van der Waals surface area (Å²) >= 11 is 0. The first-order chi connectivity index (χ1) is 9.70. The Hall–Kier alpha value is -1.55. The molecule has 4 nitrogen and oxygen atoms in total. The lowest BCUT2D eigenvalue weighted by Gasteiger charge is -2.27. The molecule has 4 heteroatoms. The molecule has 1 aromatic carbocycles. The van der Waals surface area contributed by atoms with Crippen LogP contribution in [-0.4, -0.2) is 41.7 Å². The third-order valence-corrected chi connectivity index (χ3v) is 3.98. The Balaban J connectivity index is 1.82. The summed E-state index contributed by atoms with van der Waals surface area (Å²) in [7, 11) is 0. The maximum atomic E-state index is 10.9. The molecule has 2 rings (SSSR count). The predicted molar refractivity (Wildman–Crippen MR) is 78.4 cm³/mol. The van der Waals surface area contributed by atoms with Gasteiger partial charge in [-0.05, 0) is 37.6 Å². The van der Waals surface area contributed by atoms with E-state index in [0.29, 0.717) is 18.4 Å². The van der Waals surface area contributed by atoms with Gasteiger partial charge in [-0.3, -0.25) is 4.90 Å². The molecule has 110 valence electrons. The maximum absolute atomic E-state index is 10.9. The summed E-state index contributed by atoms with van der Waals surface area (Å²) in [6.45, 7) is 4.73. The molecule has 0 radical (unpaired) electrons. The van der Waals surface area contributed by atoms with Gasteiger partial charge in [0.05, 0.1) is 5.56 Å². The van der Waals surface area contributed by atoms with Crippen LogP contribution in [0.4, 0.5) is 0 Å². The summed E-state index contributed by atoms with van der Waals surface area (Å²) in [6, 6.07) is 7.38. The zero-order valence-electron chi connectivity index (χ0n) is 12.0. The van der Waals surface area contributed by atoms with E-state index in [1.807, 2.05) is 0 Å². The van der Waals surface area contributed by atoms with E-state index in [2.05, 4.69) is 11.8 Å². The Bertz CT molecular complexity index is 441. The number of likely N-dealkylation sites (N-methyl/N-ethyl adjacent to an activating group) is 1. The first-order valence-corrected chi connectivity index (χ1v) is 7.41. The normalized spacial score (nSPS) is 15.7. The third kappa shape index (κ3) is 3.97. The molecular weight excluding hydrogens is 254 g/mol. The number of carboxylic acid groups (broad SMARTS) is 1. The van der Waals surface area contributed by atoms with E-state index in [1.54, 1.807) is 24.3 Å². The quantitative estimate of drug-likeness (QED) is 0.832. The minimum atomic E-state index is -0.920. The highest BCUT2D eigenvalue weighted by Crippen LogP contribution is 2.23. The first kappa shape index (κ1) is 14.9. The van der Waals surface area contributed by atoms with Crippen molar-refractivity contribution in [3.8, 4) is 5.75 Å². The number of carboxylic acids is 1. The fourth-order valence-electron chi connectivity index (χ4n) is 2.87. The largest absolute Gasteiger partial charge is 0.492 e. The number of ether oxygens (including phenoxy) is 1. The molecule has 0 bridgehead atoms. The summed E-state index contributed by atoms with van der Waals surface area (Å²) in [6.07, 6.45) is 5.26. The van der Waals surface area contributed by atoms with E-state index in [0.717, 1.165) is 13.1 Å². The lowest BCUT2D eigenvalue weighted by Crippen LogP contribution is -2.36. The lowest BCUT2D eigenvalue weighted by molar-refractivity contribution is 0.0696. The van der Waals surface area contributed by atoms with Gasteiger partial charge in [0, 0.05) is 12.6 Å². The fourth-order valence-corrected chi connectivity index (χ4v) is 2.87. The average Bonchev–Trinajstić information content (AvgIpc) is 2.98. The van der Waals surface area contributed by atoms with Gasteiger partial charge in [0.1, 0.15) is 12.4 Å². The molecule has 1 aromatic rings. The number of aromatic carboxylic acids is 1. The average molecular weight is 277 g/mol. The van der Waals surface area contributed by atoms with Crippen molar-refractivity contribution < 1.29 is 14.6 Å². The Morgan fingerprint density at radius 1 is 1.40 bits per heavy atom. The van der Waals surface area contributed by atoms with Crippen molar-refractivity contribution in [2.24, 2.45) is 0 Å². The van der Waals surface area contributed by atoms with Crippen LogP contribution in [0.25, 0.3) is 0 Å². The van der Waals surface area contributed by atoms with Crippen LogP contribution in [0, 0.1) is 0 Å². The van der Waals surface area contributed by atoms with E-state index < -0.39 is 5.97 Å². The molecule has 0 aromatic heterocycles. The summed E-state index contributed by atoms with van der Waals surface area (Å²) < 4.78 is 5.68. The molecule has 1 saturated carbocycles. The van der Waals surface area contributed by atoms with E-state index in [1.165, 1.54) is 25.7 Å². The molecule has 1 fully saturated rings. The van der Waals surface area contributed by atoms with Gasteiger partial charge < -0.3 is 9.84 Å². The molecule has 1 N–H and O–H groups in total. The molecule has 0 aliphatic heterocycles. The van der Waals surface area contributed by atoms with Crippen LogP contribution in [0.5, 0.6) is 5.75 Å². The van der Waals surface area contributed by atoms with Crippen molar-refractivity contribution in [2.45, 2.75) is 38.6 Å². The number of hydrogen-bond acceptors (Lipinski definition) is 3. The molecule has 0 heterocycles. The second kappa shape index (κ2) is 7.29. The van der Waals surface area contributed by atoms with Crippen LogP contribution in [0.2, 0.25) is 0 Å². The van der Waals surface area contributed by atoms with Gasteiger partial charge in [0.25, 0.3) is 0 Å². The van der Waals surface area contributed by atoms with Crippen LogP contribution in [0.1, 0.15) is 43.0 Å². The molecule has 1 aliphatic carbocycles. The maximum Gasteiger partial charge on any atom is 0.335 e. The lowest BCUT2D eigenvalue weighted by atomic mass is 10.2. The van der Waals surface area contributed by atoms with Gasteiger partial charge in [0.15, 0.2) is 0 Å². The number of carbonyl (C=O) groups is 1. The Kier molecular flexibility index (Phi) is 5.41. The van der Waals surface area contributed by atoms with Gasteiger partial charge in [0.2, 0.25) is 0 Å². The number of rotatable bonds is 7. The van der Waals surface area contributed by atoms with Crippen molar-refractivity contribution in [3.63, 3.8) is 0 Å². The topological polar surface area (TPSA) is 49.8 Å². The highest BCUT2D eigenvalue weighted by molar-refractivity contribution is 5.87. The molecule has 20 heavy (non-hydrogen) atoms. The van der Waals surface area contributed by atoms with E-state index >= 15 is 0 Å². The molecule has 1 aliphatic rings. The first-order valence-electron chi connectivity index (χ1n) is 7.41. The van der Waals surface area contributed by atoms with Crippen LogP contribution in [0.3, 0.4) is 0 Å². The minimum Gasteiger partial charge on any atom is -0.492 e. The van der Waals surface area contributed by atoms with Crippen molar-refractivity contribution in [3.05, 3.63) is 29.8 Å². The van der Waals surface area contributed by atoms with Crippen LogP contribution >= 0.6 is 0 Å². The summed E-state index contributed by atoms with van der Waals surface area (Å²) in [5, 5.41) is 8.94. The predicted octanol–water partition coefficient (Wildman–Crippen LogP) is 3.03. The second-order valence-corrected chi connectivity index (χ2v) is 5.25. The zero-order chi connectivity index (χ0) is 14.4. The Morgan fingerprint density at radius 3 is 2.80 bits per heavy atom. The minimum absolute atomic E-state index is 0.269. The van der Waals surface area contributed by atoms with Gasteiger partial charge in [-0.2, -0.15) is 0 Å². The van der Waals surface area contributed by atoms with Crippen LogP contribution < -0.4 is 4.74 Å². The van der Waals surface area contributed by atoms with Crippen molar-refractivity contribution >= 4 is 5.97 Å². The second-order valence-electron chi connectivity index (χ2n) is 5.25. The molecule has 0 amide bonds. The number of nitrogens with zero attached hydrogens (tertiary/aromatic N) is 1. The van der Waals surface area contributed by atoms with E-state index in [4.69, 9.17) is 9.84 Å². The number of hydrogen-bond donors (Lipinski definition) is 1. The van der Waals surface area contributed by atoms with Gasteiger partial charge in [-0.1, -0.05) is 25.8 Å². The highest BCUT2D eigenvalue weighted by Gasteiger charge is 2.20. The van der Waals surface area contributed by atoms with Gasteiger partial charge >= 0.3 is 5.97 Å². The van der Waals surface area contributed by atoms with Crippen molar-refractivity contribution in [1.82, 2.24) is 4.90 Å². The standard InChI is InChI=1S/C16H23NO3/c1-2-17(14-7-3-4-8-14)10-11-20-15-9-5-6-13(12-15)16(18)19/h5-6,9,12,14H,2-4,7-8,10-11H2,1H3,(H,18,19). The SMILES string of the molecule is CCN(CCOc1cccc(C(=O)O)c1)C1CCCC1. The van der Waals surface area contributed by atoms with Gasteiger partial charge in [-0.25, -0.2) is 4.79 Å². The highest BCUT2D eigenvalue weighted by atomic mass is 16.5. The Morgan fingerprint density at radius 2 is 2.15 bits per heavy atom. The van der Waals surface area contributed by atoms with Crippen LogP contribution in [-0.2, 0) is 0 Å². The van der Waals surface area contributed by atoms with E-state index in [9.17, 15) is 4.79 Å². The molecule has 0 atom stereocenters. The zero-order valence-corrected chi connectivity index (χ0v) is 12.0. The summed E-state index contributed by atoms with van der Waals surface area (Å²) in [4.78, 5) is 13.4. The molecule has 0 unspecified atom stereocenters. The molecular formula is C16H23NO3. The summed E-state index contributed by atoms with van der Waals surface area (Å²) in [5.41, 5.74) is 0.269. The Labute approximate surface area is 120 Å². The van der Waals surface area contributed by atoms with Gasteiger partial charge in [-0.15, -0.1) is 0 Å². The van der Waals surface area contributed by atoms with Crippen molar-refractivity contribution in [2.75, 3.05) is 19.7 Å². The molecule has 0 spiro atoms. The smallest absolute Gasteiger partial charge is 0.335 e. The monoisotopic (exact) mass is 277 g/mol. The fraction of sp³-hybridized carbons (Fsp3) is 0.562. The van der Waals surface area contributed by atoms with Crippen molar-refractivity contribution in [1.29, 1.82) is 0 Å². The summed E-state index contributed by atoms with van der Waals surface area (Å²) in [5.74, 6) is -0.288. The molecule has 0 saturated heterocycles. The van der Waals surface area contributed by atoms with E-state index in [-0.39, 0.29) is 5.56 Å². The van der Waals surface area contributed by atoms with Crippen LogP contribution in [0.15, 0.2) is 24.3 Å². The number of benzene rings is 1. The third-order valence-electron chi connectivity index (χ3n) is 3.98.